The second kappa shape index (κ2) is 8.73. The Morgan fingerprint density at radius 1 is 1.21 bits per heavy atom. The second-order valence-corrected chi connectivity index (χ2v) is 9.38. The van der Waals surface area contributed by atoms with Crippen molar-refractivity contribution < 1.29 is 23.1 Å². The predicted molar refractivity (Wildman–Crippen MR) is 107 cm³/mol. The zero-order chi connectivity index (χ0) is 20.9. The van der Waals surface area contributed by atoms with Gasteiger partial charge in [0.25, 0.3) is 0 Å². The fourth-order valence-electron chi connectivity index (χ4n) is 3.89. The fourth-order valence-corrected chi connectivity index (χ4v) is 6.22. The summed E-state index contributed by atoms with van der Waals surface area (Å²) in [5.41, 5.74) is 0.570. The highest BCUT2D eigenvalue weighted by Gasteiger charge is 2.57. The molecule has 0 fully saturated rings. The molecular formula is C21H27NO5S. The van der Waals surface area contributed by atoms with Crippen molar-refractivity contribution in [2.75, 3.05) is 7.11 Å². The highest BCUT2D eigenvalue weighted by atomic mass is 32.2. The summed E-state index contributed by atoms with van der Waals surface area (Å²) in [6.07, 6.45) is 3.36. The van der Waals surface area contributed by atoms with Crippen molar-refractivity contribution in [3.63, 3.8) is 0 Å². The Labute approximate surface area is 166 Å². The highest BCUT2D eigenvalue weighted by Crippen LogP contribution is 2.42. The first-order chi connectivity index (χ1) is 13.2. The molecule has 0 saturated carbocycles. The molecule has 0 aliphatic rings. The van der Waals surface area contributed by atoms with Gasteiger partial charge in [0.15, 0.2) is 14.6 Å². The molecule has 0 aliphatic carbocycles. The van der Waals surface area contributed by atoms with Crippen LogP contribution < -0.4 is 4.74 Å². The number of carboxylic acids is 1. The number of nitrogens with zero attached hydrogens (tertiary/aromatic N) is 1. The van der Waals surface area contributed by atoms with E-state index in [2.05, 4.69) is 4.98 Å². The Bertz CT molecular complexity index is 894. The van der Waals surface area contributed by atoms with Crippen LogP contribution in [0.15, 0.2) is 53.7 Å². The standard InChI is InChI=1S/C21H27NO5S/c1-5-19(15(2)3)21(20(23)24,13-16-7-6-12-22-14-16)28(25,26)18-10-8-17(27-4)9-11-18/h6-12,14-15,19H,5,13H2,1-4H3,(H,23,24). The number of carboxylic acid groups (broad SMARTS) is 1. The van der Waals surface area contributed by atoms with Crippen LogP contribution in [-0.4, -0.2) is 36.3 Å². The molecule has 1 N–H and O–H groups in total. The fraction of sp³-hybridized carbons (Fsp3) is 0.429. The average molecular weight is 406 g/mol. The van der Waals surface area contributed by atoms with Gasteiger partial charge in [-0.2, -0.15) is 0 Å². The van der Waals surface area contributed by atoms with Crippen LogP contribution in [0.4, 0.5) is 0 Å². The van der Waals surface area contributed by atoms with E-state index in [4.69, 9.17) is 4.74 Å². The maximum absolute atomic E-state index is 13.8. The first-order valence-electron chi connectivity index (χ1n) is 9.21. The van der Waals surface area contributed by atoms with Crippen molar-refractivity contribution in [3.05, 3.63) is 54.4 Å². The number of aliphatic carboxylic acids is 1. The lowest BCUT2D eigenvalue weighted by atomic mass is 9.77. The molecular weight excluding hydrogens is 378 g/mol. The van der Waals surface area contributed by atoms with Crippen molar-refractivity contribution >= 4 is 15.8 Å². The van der Waals surface area contributed by atoms with Gasteiger partial charge in [0, 0.05) is 18.8 Å². The molecule has 0 bridgehead atoms. The monoisotopic (exact) mass is 405 g/mol. The van der Waals surface area contributed by atoms with Crippen LogP contribution in [0, 0.1) is 11.8 Å². The maximum Gasteiger partial charge on any atom is 0.326 e. The quantitative estimate of drug-likeness (QED) is 0.685. The molecule has 0 radical (unpaired) electrons. The molecule has 6 nitrogen and oxygen atoms in total. The molecule has 0 spiro atoms. The SMILES string of the molecule is CCC(C(C)C)C(Cc1cccnc1)(C(=O)O)S(=O)(=O)c1ccc(OC)cc1. The van der Waals surface area contributed by atoms with Gasteiger partial charge in [-0.1, -0.05) is 33.3 Å². The van der Waals surface area contributed by atoms with E-state index in [1.54, 1.807) is 18.3 Å². The van der Waals surface area contributed by atoms with E-state index in [0.717, 1.165) is 0 Å². The summed E-state index contributed by atoms with van der Waals surface area (Å²) in [6.45, 7) is 5.55. The minimum atomic E-state index is -4.22. The van der Waals surface area contributed by atoms with Crippen molar-refractivity contribution in [1.29, 1.82) is 0 Å². The van der Waals surface area contributed by atoms with Crippen LogP contribution >= 0.6 is 0 Å². The Hall–Kier alpha value is -2.41. The lowest BCUT2D eigenvalue weighted by Crippen LogP contribution is -2.55. The molecule has 2 unspecified atom stereocenters. The number of hydrogen-bond donors (Lipinski definition) is 1. The third kappa shape index (κ3) is 3.90. The van der Waals surface area contributed by atoms with Gasteiger partial charge in [-0.05, 0) is 47.7 Å². The molecule has 2 aromatic rings. The van der Waals surface area contributed by atoms with Crippen LogP contribution in [0.25, 0.3) is 0 Å². The van der Waals surface area contributed by atoms with E-state index in [-0.39, 0.29) is 17.2 Å². The molecule has 0 saturated heterocycles. The molecule has 2 rings (SSSR count). The average Bonchev–Trinajstić information content (AvgIpc) is 2.67. The van der Waals surface area contributed by atoms with E-state index >= 15 is 0 Å². The molecule has 1 aromatic heterocycles. The zero-order valence-corrected chi connectivity index (χ0v) is 17.4. The number of pyridine rings is 1. The van der Waals surface area contributed by atoms with Gasteiger partial charge in [0.05, 0.1) is 12.0 Å². The first kappa shape index (κ1) is 21.9. The third-order valence-electron chi connectivity index (χ3n) is 5.24. The summed E-state index contributed by atoms with van der Waals surface area (Å²) in [4.78, 5) is 16.7. The summed E-state index contributed by atoms with van der Waals surface area (Å²) >= 11 is 0. The molecule has 0 amide bonds. The third-order valence-corrected chi connectivity index (χ3v) is 7.72. The molecule has 1 heterocycles. The van der Waals surface area contributed by atoms with Crippen LogP contribution in [0.5, 0.6) is 5.75 Å². The maximum atomic E-state index is 13.8. The minimum absolute atomic E-state index is 0.0290. The summed E-state index contributed by atoms with van der Waals surface area (Å²) < 4.78 is 30.6. The number of carbonyl (C=O) groups is 1. The first-order valence-corrected chi connectivity index (χ1v) is 10.7. The summed E-state index contributed by atoms with van der Waals surface area (Å²) in [5.74, 6) is -1.57. The van der Waals surface area contributed by atoms with E-state index in [9.17, 15) is 18.3 Å². The van der Waals surface area contributed by atoms with Gasteiger partial charge in [-0.25, -0.2) is 8.42 Å². The Kier molecular flexibility index (Phi) is 6.82. The number of hydrogen-bond acceptors (Lipinski definition) is 5. The predicted octanol–water partition coefficient (Wildman–Crippen LogP) is 3.61. The Morgan fingerprint density at radius 2 is 1.86 bits per heavy atom. The van der Waals surface area contributed by atoms with Crippen molar-refractivity contribution in [3.8, 4) is 5.75 Å². The molecule has 2 atom stereocenters. The Balaban J connectivity index is 2.74. The molecule has 7 heteroatoms. The lowest BCUT2D eigenvalue weighted by molar-refractivity contribution is -0.142. The molecule has 152 valence electrons. The van der Waals surface area contributed by atoms with E-state index in [1.807, 2.05) is 20.8 Å². The van der Waals surface area contributed by atoms with Crippen LogP contribution in [0.2, 0.25) is 0 Å². The summed E-state index contributed by atoms with van der Waals surface area (Å²) in [6, 6.07) is 9.25. The second-order valence-electron chi connectivity index (χ2n) is 7.17. The summed E-state index contributed by atoms with van der Waals surface area (Å²) in [5, 5.41) is 10.3. The smallest absolute Gasteiger partial charge is 0.326 e. The number of sulfone groups is 1. The molecule has 0 aliphatic heterocycles. The Morgan fingerprint density at radius 3 is 2.29 bits per heavy atom. The van der Waals surface area contributed by atoms with Crippen molar-refractivity contribution in [2.45, 2.75) is 43.3 Å². The van der Waals surface area contributed by atoms with E-state index in [1.165, 1.54) is 37.6 Å². The highest BCUT2D eigenvalue weighted by molar-refractivity contribution is 7.93. The van der Waals surface area contributed by atoms with Crippen LogP contribution in [-0.2, 0) is 21.1 Å². The number of methoxy groups -OCH3 is 1. The summed E-state index contributed by atoms with van der Waals surface area (Å²) in [7, 11) is -2.74. The number of rotatable bonds is 9. The van der Waals surface area contributed by atoms with Gasteiger partial charge < -0.3 is 9.84 Å². The van der Waals surface area contributed by atoms with Crippen molar-refractivity contribution in [1.82, 2.24) is 4.98 Å². The minimum Gasteiger partial charge on any atom is -0.497 e. The van der Waals surface area contributed by atoms with Gasteiger partial charge in [-0.3, -0.25) is 9.78 Å². The van der Waals surface area contributed by atoms with E-state index in [0.29, 0.717) is 17.7 Å². The number of benzene rings is 1. The van der Waals surface area contributed by atoms with Crippen LogP contribution in [0.3, 0.4) is 0 Å². The lowest BCUT2D eigenvalue weighted by Gasteiger charge is -2.38. The molecule has 1 aromatic carbocycles. The number of aromatic nitrogens is 1. The molecule has 28 heavy (non-hydrogen) atoms. The zero-order valence-electron chi connectivity index (χ0n) is 16.6. The van der Waals surface area contributed by atoms with E-state index < -0.39 is 26.5 Å². The van der Waals surface area contributed by atoms with Gasteiger partial charge in [-0.15, -0.1) is 0 Å². The van der Waals surface area contributed by atoms with Crippen LogP contribution in [0.1, 0.15) is 32.8 Å². The normalized spacial score (nSPS) is 15.0. The number of ether oxygens (including phenoxy) is 1. The topological polar surface area (TPSA) is 93.6 Å². The van der Waals surface area contributed by atoms with Gasteiger partial charge in [0.2, 0.25) is 0 Å². The largest absolute Gasteiger partial charge is 0.497 e. The van der Waals surface area contributed by atoms with Gasteiger partial charge in [0.1, 0.15) is 5.75 Å². The van der Waals surface area contributed by atoms with Crippen molar-refractivity contribution in [2.24, 2.45) is 11.8 Å². The van der Waals surface area contributed by atoms with Gasteiger partial charge >= 0.3 is 5.97 Å².